The van der Waals surface area contributed by atoms with Gasteiger partial charge in [-0.3, -0.25) is 9.69 Å². The van der Waals surface area contributed by atoms with Crippen LogP contribution in [0.15, 0.2) is 30.3 Å². The van der Waals surface area contributed by atoms with Gasteiger partial charge in [0.2, 0.25) is 5.91 Å². The van der Waals surface area contributed by atoms with Crippen LogP contribution in [0.2, 0.25) is 0 Å². The van der Waals surface area contributed by atoms with Crippen LogP contribution in [0.3, 0.4) is 0 Å². The van der Waals surface area contributed by atoms with Gasteiger partial charge in [-0.15, -0.1) is 0 Å². The highest BCUT2D eigenvalue weighted by Crippen LogP contribution is 2.39. The summed E-state index contributed by atoms with van der Waals surface area (Å²) in [6.45, 7) is 4.40. The van der Waals surface area contributed by atoms with E-state index in [0.717, 1.165) is 58.2 Å². The number of carbonyl (C=O) groups is 1. The summed E-state index contributed by atoms with van der Waals surface area (Å²) in [5, 5.41) is 4.32. The molecule has 0 aliphatic carbocycles. The molecule has 3 aliphatic heterocycles. The van der Waals surface area contributed by atoms with Crippen LogP contribution in [0.25, 0.3) is 10.9 Å². The molecular formula is C23H31N3O3. The average Bonchev–Trinajstić information content (AvgIpc) is 3.48. The topological polar surface area (TPSA) is 66.6 Å². The Kier molecular flexibility index (Phi) is 5.33. The van der Waals surface area contributed by atoms with E-state index in [1.165, 1.54) is 16.6 Å². The van der Waals surface area contributed by atoms with Crippen LogP contribution < -0.4 is 5.32 Å². The van der Waals surface area contributed by atoms with Crippen molar-refractivity contribution in [3.8, 4) is 0 Å². The molecule has 29 heavy (non-hydrogen) atoms. The van der Waals surface area contributed by atoms with Gasteiger partial charge in [0.25, 0.3) is 0 Å². The first kappa shape index (κ1) is 19.1. The first-order valence-electron chi connectivity index (χ1n) is 11.1. The second kappa shape index (κ2) is 8.09. The molecule has 2 N–H and O–H groups in total. The molecule has 6 heteroatoms. The van der Waals surface area contributed by atoms with Crippen molar-refractivity contribution in [1.82, 2.24) is 15.2 Å². The van der Waals surface area contributed by atoms with Gasteiger partial charge < -0.3 is 19.8 Å². The van der Waals surface area contributed by atoms with Gasteiger partial charge in [-0.1, -0.05) is 18.2 Å². The van der Waals surface area contributed by atoms with E-state index in [9.17, 15) is 4.79 Å². The molecule has 3 saturated heterocycles. The van der Waals surface area contributed by atoms with Crippen LogP contribution in [0.1, 0.15) is 44.2 Å². The molecule has 0 bridgehead atoms. The Morgan fingerprint density at radius 3 is 2.86 bits per heavy atom. The standard InChI is InChI=1S/C23H31N3O3/c27-22(21-6-3-13-28-21)24-15-19-7-8-23(29-19)9-11-26(12-10-23)16-18-14-17-4-1-2-5-20(17)25-18/h1-2,4-5,14,19,21,25H,3,6-13,15-16H2,(H,24,27). The zero-order valence-corrected chi connectivity index (χ0v) is 17.0. The fraction of sp³-hybridized carbons (Fsp3) is 0.609. The second-order valence-corrected chi connectivity index (χ2v) is 8.87. The highest BCUT2D eigenvalue weighted by molar-refractivity contribution is 5.81. The molecule has 1 spiro atoms. The maximum Gasteiger partial charge on any atom is 0.249 e. The maximum atomic E-state index is 12.1. The summed E-state index contributed by atoms with van der Waals surface area (Å²) in [5.41, 5.74) is 2.50. The lowest BCUT2D eigenvalue weighted by atomic mass is 9.88. The Bertz CT molecular complexity index is 817. The number of piperidine rings is 1. The number of amides is 1. The van der Waals surface area contributed by atoms with Crippen molar-refractivity contribution in [2.24, 2.45) is 0 Å². The summed E-state index contributed by atoms with van der Waals surface area (Å²) in [4.78, 5) is 18.2. The van der Waals surface area contributed by atoms with Crippen molar-refractivity contribution < 1.29 is 14.3 Å². The second-order valence-electron chi connectivity index (χ2n) is 8.87. The molecule has 1 aromatic carbocycles. The Hall–Kier alpha value is -1.89. The van der Waals surface area contributed by atoms with Crippen LogP contribution in [-0.2, 0) is 20.8 Å². The molecule has 3 aliphatic rings. The zero-order valence-electron chi connectivity index (χ0n) is 17.0. The molecule has 3 fully saturated rings. The van der Waals surface area contributed by atoms with Gasteiger partial charge in [0, 0.05) is 44.0 Å². The average molecular weight is 398 g/mol. The number of benzene rings is 1. The van der Waals surface area contributed by atoms with E-state index in [0.29, 0.717) is 13.2 Å². The van der Waals surface area contributed by atoms with Crippen molar-refractivity contribution in [2.45, 2.75) is 62.9 Å². The number of rotatable bonds is 5. The molecular weight excluding hydrogens is 366 g/mol. The third-order valence-corrected chi connectivity index (χ3v) is 6.81. The van der Waals surface area contributed by atoms with E-state index in [-0.39, 0.29) is 23.7 Å². The normalized spacial score (nSPS) is 27.0. The number of hydrogen-bond acceptors (Lipinski definition) is 4. The van der Waals surface area contributed by atoms with Crippen LogP contribution >= 0.6 is 0 Å². The molecule has 2 unspecified atom stereocenters. The lowest BCUT2D eigenvalue weighted by Crippen LogP contribution is -2.45. The van der Waals surface area contributed by atoms with E-state index in [1.54, 1.807) is 0 Å². The number of aromatic nitrogens is 1. The van der Waals surface area contributed by atoms with Crippen LogP contribution in [0, 0.1) is 0 Å². The number of H-pyrrole nitrogens is 1. The minimum absolute atomic E-state index is 0.0101. The van der Waals surface area contributed by atoms with Crippen LogP contribution in [-0.4, -0.2) is 59.8 Å². The van der Waals surface area contributed by atoms with Crippen molar-refractivity contribution in [3.63, 3.8) is 0 Å². The highest BCUT2D eigenvalue weighted by atomic mass is 16.5. The van der Waals surface area contributed by atoms with Gasteiger partial charge in [0.1, 0.15) is 6.10 Å². The maximum absolute atomic E-state index is 12.1. The molecule has 1 amide bonds. The van der Waals surface area contributed by atoms with Crippen LogP contribution in [0.4, 0.5) is 0 Å². The van der Waals surface area contributed by atoms with Gasteiger partial charge in [-0.05, 0) is 56.0 Å². The Balaban J connectivity index is 1.09. The predicted molar refractivity (Wildman–Crippen MR) is 112 cm³/mol. The number of carbonyl (C=O) groups excluding carboxylic acids is 1. The predicted octanol–water partition coefficient (Wildman–Crippen LogP) is 2.98. The summed E-state index contributed by atoms with van der Waals surface area (Å²) in [5.74, 6) is 0.0280. The monoisotopic (exact) mass is 397 g/mol. The van der Waals surface area contributed by atoms with Gasteiger partial charge in [-0.2, -0.15) is 0 Å². The first-order valence-corrected chi connectivity index (χ1v) is 11.1. The lowest BCUT2D eigenvalue weighted by molar-refractivity contribution is -0.131. The molecule has 1 aromatic heterocycles. The van der Waals surface area contributed by atoms with E-state index < -0.39 is 0 Å². The SMILES string of the molecule is O=C(NCC1CCC2(CCN(Cc3cc4ccccc4[nH]3)CC2)O1)C1CCCO1. The number of fused-ring (bicyclic) bond motifs is 1. The first-order chi connectivity index (χ1) is 14.2. The molecule has 2 atom stereocenters. The van der Waals surface area contributed by atoms with Crippen molar-refractivity contribution in [2.75, 3.05) is 26.2 Å². The highest BCUT2D eigenvalue weighted by Gasteiger charge is 2.42. The van der Waals surface area contributed by atoms with Crippen molar-refractivity contribution in [1.29, 1.82) is 0 Å². The quantitative estimate of drug-likeness (QED) is 0.814. The van der Waals surface area contributed by atoms with Gasteiger partial charge in [0.05, 0.1) is 11.7 Å². The van der Waals surface area contributed by atoms with Gasteiger partial charge in [-0.25, -0.2) is 0 Å². The molecule has 4 heterocycles. The van der Waals surface area contributed by atoms with E-state index in [4.69, 9.17) is 9.47 Å². The fourth-order valence-electron chi connectivity index (χ4n) is 5.10. The summed E-state index contributed by atoms with van der Waals surface area (Å²) in [6.07, 6.45) is 6.00. The van der Waals surface area contributed by atoms with E-state index in [2.05, 4.69) is 45.5 Å². The fourth-order valence-corrected chi connectivity index (χ4v) is 5.10. The van der Waals surface area contributed by atoms with E-state index in [1.807, 2.05) is 0 Å². The van der Waals surface area contributed by atoms with Crippen LogP contribution in [0.5, 0.6) is 0 Å². The molecule has 156 valence electrons. The third kappa shape index (κ3) is 4.20. The molecule has 2 aromatic rings. The zero-order chi connectivity index (χ0) is 19.7. The number of likely N-dealkylation sites (tertiary alicyclic amines) is 1. The smallest absolute Gasteiger partial charge is 0.249 e. The summed E-state index contributed by atoms with van der Waals surface area (Å²) in [7, 11) is 0. The van der Waals surface area contributed by atoms with Gasteiger partial charge in [0.15, 0.2) is 0 Å². The minimum Gasteiger partial charge on any atom is -0.370 e. The molecule has 0 saturated carbocycles. The molecule has 5 rings (SSSR count). The number of nitrogens with one attached hydrogen (secondary N) is 2. The minimum atomic E-state index is -0.252. The van der Waals surface area contributed by atoms with Gasteiger partial charge >= 0.3 is 0 Å². The third-order valence-electron chi connectivity index (χ3n) is 6.81. The summed E-state index contributed by atoms with van der Waals surface area (Å²) in [6, 6.07) is 10.7. The lowest BCUT2D eigenvalue weighted by Gasteiger charge is -2.39. The molecule has 6 nitrogen and oxygen atoms in total. The van der Waals surface area contributed by atoms with Crippen molar-refractivity contribution >= 4 is 16.8 Å². The number of ether oxygens (including phenoxy) is 2. The Labute approximate surface area is 171 Å². The van der Waals surface area contributed by atoms with E-state index >= 15 is 0 Å². The summed E-state index contributed by atoms with van der Waals surface area (Å²) >= 11 is 0. The number of nitrogens with zero attached hydrogens (tertiary/aromatic N) is 1. The largest absolute Gasteiger partial charge is 0.370 e. The molecule has 0 radical (unpaired) electrons. The van der Waals surface area contributed by atoms with Crippen molar-refractivity contribution in [3.05, 3.63) is 36.0 Å². The number of para-hydroxylation sites is 1. The Morgan fingerprint density at radius 1 is 1.21 bits per heavy atom. The summed E-state index contributed by atoms with van der Waals surface area (Å²) < 4.78 is 11.9. The number of aromatic amines is 1. The number of hydrogen-bond donors (Lipinski definition) is 2. The Morgan fingerprint density at radius 2 is 2.07 bits per heavy atom.